The molecule has 2 amide bonds. The Morgan fingerprint density at radius 2 is 1.88 bits per heavy atom. The molecule has 1 saturated heterocycles. The molecule has 1 atom stereocenters. The van der Waals surface area contributed by atoms with Gasteiger partial charge in [0, 0.05) is 24.2 Å². The minimum Gasteiger partial charge on any atom is -0.372 e. The number of benzene rings is 1. The van der Waals surface area contributed by atoms with Gasteiger partial charge in [-0.1, -0.05) is 32.9 Å². The van der Waals surface area contributed by atoms with Gasteiger partial charge in [0.15, 0.2) is 0 Å². The molecule has 0 spiro atoms. The molecule has 24 heavy (non-hydrogen) atoms. The van der Waals surface area contributed by atoms with Gasteiger partial charge in [-0.3, -0.25) is 9.59 Å². The third-order valence-corrected chi connectivity index (χ3v) is 4.31. The van der Waals surface area contributed by atoms with Crippen molar-refractivity contribution in [3.8, 4) is 0 Å². The van der Waals surface area contributed by atoms with Crippen molar-refractivity contribution in [2.75, 3.05) is 24.5 Å². The Hall–Kier alpha value is -2.04. The van der Waals surface area contributed by atoms with Crippen LogP contribution in [0.25, 0.3) is 0 Å². The van der Waals surface area contributed by atoms with Crippen LogP contribution in [0, 0.1) is 5.41 Å². The molecule has 5 heteroatoms. The molecule has 1 aliphatic rings. The molecule has 0 saturated carbocycles. The summed E-state index contributed by atoms with van der Waals surface area (Å²) in [6.45, 7) is 9.65. The second-order valence-electron chi connectivity index (χ2n) is 7.51. The Balaban J connectivity index is 1.89. The number of carbonyl (C=O) groups is 2. The normalized spacial score (nSPS) is 15.9. The molecule has 2 rings (SSSR count). The van der Waals surface area contributed by atoms with E-state index in [1.54, 1.807) is 0 Å². The highest BCUT2D eigenvalue weighted by Crippen LogP contribution is 2.23. The highest BCUT2D eigenvalue weighted by Gasteiger charge is 2.22. The van der Waals surface area contributed by atoms with Crippen LogP contribution in [0.3, 0.4) is 0 Å². The van der Waals surface area contributed by atoms with Gasteiger partial charge in [-0.25, -0.2) is 0 Å². The molecule has 1 fully saturated rings. The minimum absolute atomic E-state index is 0.00621. The number of nitrogens with zero attached hydrogens (tertiary/aromatic N) is 1. The monoisotopic (exact) mass is 331 g/mol. The number of anilines is 1. The zero-order valence-electron chi connectivity index (χ0n) is 15.2. The number of amides is 2. The van der Waals surface area contributed by atoms with Crippen LogP contribution in [0.2, 0.25) is 0 Å². The Morgan fingerprint density at radius 1 is 1.21 bits per heavy atom. The Morgan fingerprint density at radius 3 is 2.50 bits per heavy atom. The summed E-state index contributed by atoms with van der Waals surface area (Å²) in [5.41, 5.74) is 1.80. The molecule has 1 aromatic rings. The lowest BCUT2D eigenvalue weighted by molar-refractivity contribution is -0.131. The van der Waals surface area contributed by atoms with Crippen molar-refractivity contribution in [2.24, 2.45) is 5.41 Å². The molecule has 132 valence electrons. The van der Waals surface area contributed by atoms with E-state index in [9.17, 15) is 9.59 Å². The fraction of sp³-hybridized carbons (Fsp3) is 0.579. The van der Waals surface area contributed by atoms with Crippen LogP contribution in [0.5, 0.6) is 0 Å². The lowest BCUT2D eigenvalue weighted by Crippen LogP contribution is -2.42. The fourth-order valence-electron chi connectivity index (χ4n) is 2.77. The van der Waals surface area contributed by atoms with E-state index >= 15 is 0 Å². The summed E-state index contributed by atoms with van der Waals surface area (Å²) in [7, 11) is 0. The molecule has 0 bridgehead atoms. The van der Waals surface area contributed by atoms with E-state index in [0.29, 0.717) is 0 Å². The van der Waals surface area contributed by atoms with Crippen molar-refractivity contribution < 1.29 is 9.59 Å². The van der Waals surface area contributed by atoms with Crippen molar-refractivity contribution in [1.29, 1.82) is 0 Å². The zero-order valence-corrected chi connectivity index (χ0v) is 15.2. The van der Waals surface area contributed by atoms with Gasteiger partial charge in [0.05, 0.1) is 12.6 Å². The van der Waals surface area contributed by atoms with Crippen molar-refractivity contribution in [3.63, 3.8) is 0 Å². The standard InChI is InChI=1S/C19H29N3O2/c1-14(21-17(23)13-20-18(24)19(2,3)4)15-8-7-9-16(12-15)22-10-5-6-11-22/h7-9,12,14H,5-6,10-11,13H2,1-4H3,(H,20,24)(H,21,23)/t14-/m1/s1. The van der Waals surface area contributed by atoms with E-state index in [2.05, 4.69) is 27.7 Å². The van der Waals surface area contributed by atoms with Crippen LogP contribution in [-0.2, 0) is 9.59 Å². The lowest BCUT2D eigenvalue weighted by atomic mass is 9.96. The first-order valence-corrected chi connectivity index (χ1v) is 8.70. The molecule has 1 aromatic carbocycles. The zero-order chi connectivity index (χ0) is 17.7. The first kappa shape index (κ1) is 18.3. The first-order valence-electron chi connectivity index (χ1n) is 8.70. The van der Waals surface area contributed by atoms with E-state index in [-0.39, 0.29) is 24.4 Å². The van der Waals surface area contributed by atoms with E-state index < -0.39 is 5.41 Å². The van der Waals surface area contributed by atoms with Crippen molar-refractivity contribution in [3.05, 3.63) is 29.8 Å². The van der Waals surface area contributed by atoms with Crippen molar-refractivity contribution in [1.82, 2.24) is 10.6 Å². The molecule has 5 nitrogen and oxygen atoms in total. The van der Waals surface area contributed by atoms with Crippen LogP contribution < -0.4 is 15.5 Å². The van der Waals surface area contributed by atoms with Gasteiger partial charge >= 0.3 is 0 Å². The maximum absolute atomic E-state index is 12.1. The molecule has 0 aromatic heterocycles. The molecular weight excluding hydrogens is 302 g/mol. The van der Waals surface area contributed by atoms with E-state index in [0.717, 1.165) is 18.7 Å². The average molecular weight is 331 g/mol. The van der Waals surface area contributed by atoms with Gasteiger partial charge in [0.1, 0.15) is 0 Å². The summed E-state index contributed by atoms with van der Waals surface area (Å²) in [5.74, 6) is -0.298. The Bertz CT molecular complexity index is 587. The predicted molar refractivity (Wildman–Crippen MR) is 96.9 cm³/mol. The molecule has 2 N–H and O–H groups in total. The number of hydrogen-bond donors (Lipinski definition) is 2. The van der Waals surface area contributed by atoms with E-state index in [4.69, 9.17) is 0 Å². The summed E-state index contributed by atoms with van der Waals surface area (Å²) >= 11 is 0. The SMILES string of the molecule is C[C@@H](NC(=O)CNC(=O)C(C)(C)C)c1cccc(N2CCCC2)c1. The Kier molecular flexibility index (Phi) is 5.86. The summed E-state index contributed by atoms with van der Waals surface area (Å²) in [6.07, 6.45) is 2.48. The predicted octanol–water partition coefficient (Wildman–Crippen LogP) is 2.63. The maximum Gasteiger partial charge on any atom is 0.239 e. The van der Waals surface area contributed by atoms with Gasteiger partial charge in [-0.15, -0.1) is 0 Å². The Labute approximate surface area is 144 Å². The van der Waals surface area contributed by atoms with E-state index in [1.165, 1.54) is 18.5 Å². The lowest BCUT2D eigenvalue weighted by Gasteiger charge is -2.21. The molecule has 0 unspecified atom stereocenters. The van der Waals surface area contributed by atoms with Crippen LogP contribution >= 0.6 is 0 Å². The smallest absolute Gasteiger partial charge is 0.239 e. The summed E-state index contributed by atoms with van der Waals surface area (Å²) in [5, 5.41) is 5.62. The first-order chi connectivity index (χ1) is 11.3. The van der Waals surface area contributed by atoms with Gasteiger partial charge < -0.3 is 15.5 Å². The molecule has 1 aliphatic heterocycles. The second kappa shape index (κ2) is 7.69. The number of hydrogen-bond acceptors (Lipinski definition) is 3. The van der Waals surface area contributed by atoms with Gasteiger partial charge in [-0.2, -0.15) is 0 Å². The maximum atomic E-state index is 12.1. The number of rotatable bonds is 5. The summed E-state index contributed by atoms with van der Waals surface area (Å²) in [6, 6.07) is 8.23. The average Bonchev–Trinajstić information content (AvgIpc) is 3.06. The summed E-state index contributed by atoms with van der Waals surface area (Å²) < 4.78 is 0. The molecule has 0 radical (unpaired) electrons. The van der Waals surface area contributed by atoms with Crippen molar-refractivity contribution in [2.45, 2.75) is 46.6 Å². The topological polar surface area (TPSA) is 61.4 Å². The highest BCUT2D eigenvalue weighted by molar-refractivity contribution is 5.87. The van der Waals surface area contributed by atoms with E-state index in [1.807, 2.05) is 39.8 Å². The van der Waals surface area contributed by atoms with Crippen LogP contribution in [0.15, 0.2) is 24.3 Å². The molecule has 0 aliphatic carbocycles. The minimum atomic E-state index is -0.490. The van der Waals surface area contributed by atoms with Gasteiger partial charge in [0.25, 0.3) is 0 Å². The van der Waals surface area contributed by atoms with Crippen LogP contribution in [-0.4, -0.2) is 31.4 Å². The summed E-state index contributed by atoms with van der Waals surface area (Å²) in [4.78, 5) is 26.3. The van der Waals surface area contributed by atoms with Crippen LogP contribution in [0.1, 0.15) is 52.1 Å². The van der Waals surface area contributed by atoms with Crippen LogP contribution in [0.4, 0.5) is 5.69 Å². The van der Waals surface area contributed by atoms with Crippen molar-refractivity contribution >= 4 is 17.5 Å². The highest BCUT2D eigenvalue weighted by atomic mass is 16.2. The number of nitrogens with one attached hydrogen (secondary N) is 2. The quantitative estimate of drug-likeness (QED) is 0.872. The van der Waals surface area contributed by atoms with Gasteiger partial charge in [0.2, 0.25) is 11.8 Å². The molecule has 1 heterocycles. The fourth-order valence-corrected chi connectivity index (χ4v) is 2.77. The second-order valence-corrected chi connectivity index (χ2v) is 7.51. The largest absolute Gasteiger partial charge is 0.372 e. The third-order valence-electron chi connectivity index (χ3n) is 4.31. The molecular formula is C19H29N3O2. The number of carbonyl (C=O) groups excluding carboxylic acids is 2. The van der Waals surface area contributed by atoms with Gasteiger partial charge in [-0.05, 0) is 37.5 Å². The third kappa shape index (κ3) is 4.98.